The standard InChI is InChI=1S/C15H11BrF3NO4S/c1-20(10-6-3-2-4-7-10)14(21)13-11(16)8-5-9-12(13)24-25(22,23)15(17,18)19/h2-9H,1H3. The van der Waals surface area contributed by atoms with E-state index >= 15 is 0 Å². The third-order valence-corrected chi connectivity index (χ3v) is 4.75. The molecule has 0 atom stereocenters. The summed E-state index contributed by atoms with van der Waals surface area (Å²) in [5.74, 6) is -1.47. The molecule has 2 aromatic carbocycles. The van der Waals surface area contributed by atoms with Gasteiger partial charge in [0, 0.05) is 17.2 Å². The molecule has 1 amide bonds. The Kier molecular flexibility index (Phi) is 5.43. The van der Waals surface area contributed by atoms with Gasteiger partial charge in [-0.3, -0.25) is 4.79 Å². The number of alkyl halides is 3. The van der Waals surface area contributed by atoms with Gasteiger partial charge in [-0.1, -0.05) is 24.3 Å². The fraction of sp³-hybridized carbons (Fsp3) is 0.133. The number of anilines is 1. The molecule has 0 N–H and O–H groups in total. The number of amides is 1. The average Bonchev–Trinajstić information content (AvgIpc) is 2.53. The molecule has 0 saturated carbocycles. The molecule has 25 heavy (non-hydrogen) atoms. The van der Waals surface area contributed by atoms with Crippen LogP contribution in [0, 0.1) is 0 Å². The lowest BCUT2D eigenvalue weighted by Crippen LogP contribution is -2.31. The van der Waals surface area contributed by atoms with Gasteiger partial charge in [0.15, 0.2) is 5.75 Å². The van der Waals surface area contributed by atoms with Crippen molar-refractivity contribution in [2.24, 2.45) is 0 Å². The van der Waals surface area contributed by atoms with Crippen molar-refractivity contribution < 1.29 is 30.6 Å². The van der Waals surface area contributed by atoms with E-state index in [-0.39, 0.29) is 10.0 Å². The molecule has 2 rings (SSSR count). The van der Waals surface area contributed by atoms with Gasteiger partial charge in [0.25, 0.3) is 5.91 Å². The third kappa shape index (κ3) is 4.13. The minimum Gasteiger partial charge on any atom is -0.375 e. The van der Waals surface area contributed by atoms with Gasteiger partial charge >= 0.3 is 15.6 Å². The SMILES string of the molecule is CN(C(=O)c1c(Br)cccc1OS(=O)(=O)C(F)(F)F)c1ccccc1. The van der Waals surface area contributed by atoms with Gasteiger partial charge in [-0.15, -0.1) is 0 Å². The van der Waals surface area contributed by atoms with Crippen molar-refractivity contribution in [1.29, 1.82) is 0 Å². The summed E-state index contributed by atoms with van der Waals surface area (Å²) in [4.78, 5) is 13.8. The van der Waals surface area contributed by atoms with Crippen molar-refractivity contribution in [3.05, 3.63) is 58.6 Å². The van der Waals surface area contributed by atoms with Crippen LogP contribution < -0.4 is 9.08 Å². The van der Waals surface area contributed by atoms with Crippen molar-refractivity contribution in [2.75, 3.05) is 11.9 Å². The van der Waals surface area contributed by atoms with E-state index in [1.54, 1.807) is 30.3 Å². The maximum Gasteiger partial charge on any atom is 0.534 e. The topological polar surface area (TPSA) is 63.7 Å². The van der Waals surface area contributed by atoms with E-state index in [0.29, 0.717) is 5.69 Å². The summed E-state index contributed by atoms with van der Waals surface area (Å²) in [6.07, 6.45) is 0. The first-order valence-corrected chi connectivity index (χ1v) is 8.87. The highest BCUT2D eigenvalue weighted by Crippen LogP contribution is 2.33. The van der Waals surface area contributed by atoms with E-state index < -0.39 is 27.3 Å². The average molecular weight is 438 g/mol. The van der Waals surface area contributed by atoms with E-state index in [2.05, 4.69) is 20.1 Å². The van der Waals surface area contributed by atoms with E-state index in [1.165, 1.54) is 19.2 Å². The molecule has 5 nitrogen and oxygen atoms in total. The summed E-state index contributed by atoms with van der Waals surface area (Å²) < 4.78 is 64.4. The van der Waals surface area contributed by atoms with Crippen molar-refractivity contribution in [2.45, 2.75) is 5.51 Å². The summed E-state index contributed by atoms with van der Waals surface area (Å²) >= 11 is 3.04. The third-order valence-electron chi connectivity index (χ3n) is 3.12. The molecule has 0 heterocycles. The highest BCUT2D eigenvalue weighted by Gasteiger charge is 2.49. The van der Waals surface area contributed by atoms with Crippen LogP contribution in [0.3, 0.4) is 0 Å². The second-order valence-corrected chi connectivity index (χ2v) is 7.19. The Morgan fingerprint density at radius 2 is 1.68 bits per heavy atom. The second-order valence-electron chi connectivity index (χ2n) is 4.80. The Bertz CT molecular complexity index is 885. The Balaban J connectivity index is 2.47. The molecule has 0 bridgehead atoms. The molecule has 0 aliphatic rings. The highest BCUT2D eigenvalue weighted by molar-refractivity contribution is 9.10. The molecule has 0 spiro atoms. The minimum atomic E-state index is -5.91. The van der Waals surface area contributed by atoms with E-state index in [4.69, 9.17) is 0 Å². The molecular weight excluding hydrogens is 427 g/mol. The van der Waals surface area contributed by atoms with Crippen molar-refractivity contribution in [3.63, 3.8) is 0 Å². The summed E-state index contributed by atoms with van der Waals surface area (Å²) in [5.41, 5.74) is -5.49. The van der Waals surface area contributed by atoms with E-state index in [1.807, 2.05) is 0 Å². The molecule has 0 radical (unpaired) electrons. The maximum atomic E-state index is 12.7. The lowest BCUT2D eigenvalue weighted by atomic mass is 10.1. The van der Waals surface area contributed by atoms with Crippen LogP contribution in [-0.2, 0) is 10.1 Å². The van der Waals surface area contributed by atoms with Crippen LogP contribution in [-0.4, -0.2) is 26.9 Å². The van der Waals surface area contributed by atoms with Crippen LogP contribution in [0.2, 0.25) is 0 Å². The zero-order chi connectivity index (χ0) is 18.8. The molecule has 2 aromatic rings. The molecular formula is C15H11BrF3NO4S. The number of carbonyl (C=O) groups excluding carboxylic acids is 1. The Labute approximate surface area is 150 Å². The fourth-order valence-corrected chi connectivity index (χ4v) is 2.87. The second kappa shape index (κ2) is 7.04. The number of nitrogens with zero attached hydrogens (tertiary/aromatic N) is 1. The minimum absolute atomic E-state index is 0.0927. The Hall–Kier alpha value is -2.07. The van der Waals surface area contributed by atoms with Gasteiger partial charge in [-0.05, 0) is 40.2 Å². The Morgan fingerprint density at radius 3 is 2.24 bits per heavy atom. The summed E-state index contributed by atoms with van der Waals surface area (Å²) in [5, 5.41) is 0. The molecule has 0 unspecified atom stereocenters. The first kappa shape index (κ1) is 19.3. The van der Waals surface area contributed by atoms with Crippen LogP contribution in [0.5, 0.6) is 5.75 Å². The predicted octanol–water partition coefficient (Wildman–Crippen LogP) is 3.95. The molecule has 134 valence electrons. The zero-order valence-corrected chi connectivity index (χ0v) is 15.0. The number of halogens is 4. The summed E-state index contributed by atoms with van der Waals surface area (Å²) in [6.45, 7) is 0. The lowest BCUT2D eigenvalue weighted by molar-refractivity contribution is -0.0500. The molecule has 0 fully saturated rings. The van der Waals surface area contributed by atoms with Crippen molar-refractivity contribution in [3.8, 4) is 5.75 Å². The smallest absolute Gasteiger partial charge is 0.375 e. The van der Waals surface area contributed by atoms with Crippen LogP contribution >= 0.6 is 15.9 Å². The lowest BCUT2D eigenvalue weighted by Gasteiger charge is -2.20. The zero-order valence-electron chi connectivity index (χ0n) is 12.6. The van der Waals surface area contributed by atoms with Crippen LogP contribution in [0.25, 0.3) is 0 Å². The summed E-state index contributed by atoms with van der Waals surface area (Å²) in [7, 11) is -4.50. The molecule has 0 saturated heterocycles. The number of benzene rings is 2. The predicted molar refractivity (Wildman–Crippen MR) is 88.9 cm³/mol. The van der Waals surface area contributed by atoms with Crippen molar-refractivity contribution >= 4 is 37.6 Å². The number of hydrogen-bond acceptors (Lipinski definition) is 4. The summed E-state index contributed by atoms with van der Waals surface area (Å²) in [6, 6.07) is 11.9. The van der Waals surface area contributed by atoms with E-state index in [9.17, 15) is 26.4 Å². The number of rotatable bonds is 4. The first-order chi connectivity index (χ1) is 11.5. The first-order valence-electron chi connectivity index (χ1n) is 6.67. The van der Waals surface area contributed by atoms with Gasteiger partial charge in [-0.2, -0.15) is 21.6 Å². The molecule has 0 aliphatic carbocycles. The normalized spacial score (nSPS) is 11.9. The van der Waals surface area contributed by atoms with Crippen LogP contribution in [0.1, 0.15) is 10.4 Å². The molecule has 0 aromatic heterocycles. The monoisotopic (exact) mass is 437 g/mol. The van der Waals surface area contributed by atoms with Gasteiger partial charge < -0.3 is 9.08 Å². The fourth-order valence-electron chi connectivity index (χ4n) is 1.88. The maximum absolute atomic E-state index is 12.7. The van der Waals surface area contributed by atoms with Crippen LogP contribution in [0.4, 0.5) is 18.9 Å². The number of para-hydroxylation sites is 1. The van der Waals surface area contributed by atoms with Gasteiger partial charge in [-0.25, -0.2) is 0 Å². The quantitative estimate of drug-likeness (QED) is 0.536. The number of hydrogen-bond donors (Lipinski definition) is 0. The van der Waals surface area contributed by atoms with Gasteiger partial charge in [0.2, 0.25) is 0 Å². The highest BCUT2D eigenvalue weighted by atomic mass is 79.9. The van der Waals surface area contributed by atoms with Crippen molar-refractivity contribution in [1.82, 2.24) is 0 Å². The van der Waals surface area contributed by atoms with Crippen LogP contribution in [0.15, 0.2) is 53.0 Å². The largest absolute Gasteiger partial charge is 0.534 e. The Morgan fingerprint density at radius 1 is 1.08 bits per heavy atom. The number of carbonyl (C=O) groups is 1. The van der Waals surface area contributed by atoms with E-state index in [0.717, 1.165) is 11.0 Å². The molecule has 0 aliphatic heterocycles. The van der Waals surface area contributed by atoms with Gasteiger partial charge in [0.1, 0.15) is 0 Å². The van der Waals surface area contributed by atoms with Gasteiger partial charge in [0.05, 0.1) is 5.56 Å². The molecule has 10 heteroatoms.